The number of benzene rings is 3. The van der Waals surface area contributed by atoms with E-state index in [9.17, 15) is 9.90 Å². The lowest BCUT2D eigenvalue weighted by atomic mass is 9.91. The van der Waals surface area contributed by atoms with Crippen molar-refractivity contribution in [3.8, 4) is 11.1 Å². The fraction of sp³-hybridized carbons (Fsp3) is 0.281. The van der Waals surface area contributed by atoms with Crippen molar-refractivity contribution in [3.63, 3.8) is 0 Å². The maximum atomic E-state index is 11.9. The molecule has 224 valence electrons. The number of ether oxygens (including phenoxy) is 2. The summed E-state index contributed by atoms with van der Waals surface area (Å²) in [6.07, 6.45) is 2.53. The number of aliphatic hydroxyl groups excluding tert-OH is 1. The van der Waals surface area contributed by atoms with Crippen molar-refractivity contribution >= 4 is 52.5 Å². The highest BCUT2D eigenvalue weighted by Gasteiger charge is 2.38. The Kier molecular flexibility index (Phi) is 10.6. The van der Waals surface area contributed by atoms with Crippen molar-refractivity contribution in [3.05, 3.63) is 114 Å². The van der Waals surface area contributed by atoms with Gasteiger partial charge >= 0.3 is 0 Å². The molecule has 2 N–H and O–H groups in total. The molecule has 3 aromatic carbocycles. The summed E-state index contributed by atoms with van der Waals surface area (Å²) < 4.78 is 11.1. The third kappa shape index (κ3) is 8.28. The first-order valence-electron chi connectivity index (χ1n) is 13.7. The highest BCUT2D eigenvalue weighted by atomic mass is 35.6. The second-order valence-corrected chi connectivity index (χ2v) is 13.4. The standard InChI is InChI=1S/C32H30Cl3N3O4S/c1-20-27(19-43-31-36-14-3-15-37-31)41-29(42-28(20)24-8-6-21(18-39)7-9-24)25-12-10-23(11-13-25)26-5-2-4-22(16-26)17-38-30(40)32(33,34)35/h2-16,20,27-29,39H,17-19H2,1H3,(H,38,40). The number of alkyl halides is 3. The van der Waals surface area contributed by atoms with Gasteiger partial charge in [0.05, 0.1) is 18.8 Å². The fourth-order valence-electron chi connectivity index (χ4n) is 4.80. The summed E-state index contributed by atoms with van der Waals surface area (Å²) in [6.45, 7) is 2.35. The Balaban J connectivity index is 1.34. The maximum Gasteiger partial charge on any atom is 0.272 e. The zero-order valence-corrected chi connectivity index (χ0v) is 26.3. The van der Waals surface area contributed by atoms with Gasteiger partial charge in [-0.25, -0.2) is 9.97 Å². The van der Waals surface area contributed by atoms with E-state index >= 15 is 0 Å². The van der Waals surface area contributed by atoms with Crippen LogP contribution in [-0.4, -0.2) is 36.6 Å². The van der Waals surface area contributed by atoms with Crippen molar-refractivity contribution in [2.75, 3.05) is 5.75 Å². The van der Waals surface area contributed by atoms with Crippen LogP contribution < -0.4 is 5.32 Å². The molecule has 7 nitrogen and oxygen atoms in total. The lowest BCUT2D eigenvalue weighted by Gasteiger charge is -2.41. The van der Waals surface area contributed by atoms with E-state index in [0.29, 0.717) is 10.9 Å². The lowest BCUT2D eigenvalue weighted by Crippen LogP contribution is -2.38. The van der Waals surface area contributed by atoms with E-state index in [1.165, 1.54) is 0 Å². The molecule has 4 atom stereocenters. The topological polar surface area (TPSA) is 93.6 Å². The number of hydrogen-bond donors (Lipinski definition) is 2. The summed E-state index contributed by atoms with van der Waals surface area (Å²) >= 11 is 18.5. The minimum Gasteiger partial charge on any atom is -0.392 e. The summed E-state index contributed by atoms with van der Waals surface area (Å²) in [4.78, 5) is 20.6. The Bertz CT molecular complexity index is 1510. The summed E-state index contributed by atoms with van der Waals surface area (Å²) in [5.41, 5.74) is 5.61. The average molecular weight is 659 g/mol. The summed E-state index contributed by atoms with van der Waals surface area (Å²) in [6, 6.07) is 25.5. The van der Waals surface area contributed by atoms with Gasteiger partial charge in [-0.15, -0.1) is 0 Å². The minimum atomic E-state index is -2.01. The molecule has 0 spiro atoms. The van der Waals surface area contributed by atoms with Gasteiger partial charge in [-0.2, -0.15) is 0 Å². The molecule has 1 aromatic heterocycles. The van der Waals surface area contributed by atoms with Crippen LogP contribution in [0, 0.1) is 5.92 Å². The number of amides is 1. The zero-order valence-electron chi connectivity index (χ0n) is 23.2. The van der Waals surface area contributed by atoms with E-state index in [2.05, 4.69) is 22.2 Å². The number of aromatic nitrogens is 2. The highest BCUT2D eigenvalue weighted by Crippen LogP contribution is 2.43. The maximum absolute atomic E-state index is 11.9. The van der Waals surface area contributed by atoms with Crippen molar-refractivity contribution < 1.29 is 19.4 Å². The second-order valence-electron chi connectivity index (χ2n) is 10.2. The molecule has 1 aliphatic heterocycles. The molecule has 43 heavy (non-hydrogen) atoms. The van der Waals surface area contributed by atoms with Crippen molar-refractivity contribution in [1.29, 1.82) is 0 Å². The Morgan fingerprint density at radius 2 is 1.60 bits per heavy atom. The third-order valence-electron chi connectivity index (χ3n) is 7.20. The lowest BCUT2D eigenvalue weighted by molar-refractivity contribution is -0.268. The number of carbonyl (C=O) groups excluding carboxylic acids is 1. The molecule has 0 aliphatic carbocycles. The second kappa shape index (κ2) is 14.4. The highest BCUT2D eigenvalue weighted by molar-refractivity contribution is 7.99. The summed E-state index contributed by atoms with van der Waals surface area (Å²) in [5, 5.41) is 12.8. The van der Waals surface area contributed by atoms with Gasteiger partial charge in [0.25, 0.3) is 9.70 Å². The van der Waals surface area contributed by atoms with Crippen molar-refractivity contribution in [2.45, 2.75) is 47.5 Å². The van der Waals surface area contributed by atoms with E-state index in [0.717, 1.165) is 33.4 Å². The molecule has 1 saturated heterocycles. The van der Waals surface area contributed by atoms with Crippen LogP contribution in [0.4, 0.5) is 0 Å². The third-order valence-corrected chi connectivity index (χ3v) is 8.68. The predicted octanol–water partition coefficient (Wildman–Crippen LogP) is 7.21. The molecular formula is C32H30Cl3N3O4S. The van der Waals surface area contributed by atoms with E-state index in [1.54, 1.807) is 30.2 Å². The number of nitrogens with zero attached hydrogens (tertiary/aromatic N) is 2. The van der Waals surface area contributed by atoms with Crippen LogP contribution in [0.25, 0.3) is 11.1 Å². The molecule has 4 aromatic rings. The molecule has 1 amide bonds. The molecule has 2 heterocycles. The van der Waals surface area contributed by atoms with Crippen LogP contribution >= 0.6 is 46.6 Å². The zero-order chi connectivity index (χ0) is 30.4. The smallest absolute Gasteiger partial charge is 0.272 e. The molecule has 5 rings (SSSR count). The SMILES string of the molecule is CC1C(CSc2ncccn2)OC(c2ccc(-c3cccc(CNC(=O)C(Cl)(Cl)Cl)c3)cc2)OC1c1ccc(CO)cc1. The number of rotatable bonds is 9. The molecule has 11 heteroatoms. The number of thioether (sulfide) groups is 1. The molecular weight excluding hydrogens is 629 g/mol. The molecule has 1 fully saturated rings. The average Bonchev–Trinajstić information content (AvgIpc) is 3.03. The Morgan fingerprint density at radius 1 is 0.907 bits per heavy atom. The largest absolute Gasteiger partial charge is 0.392 e. The molecule has 0 bridgehead atoms. The molecule has 1 aliphatic rings. The van der Waals surface area contributed by atoms with Gasteiger partial charge in [-0.1, -0.05) is 120 Å². The molecule has 0 radical (unpaired) electrons. The first-order valence-corrected chi connectivity index (χ1v) is 15.8. The van der Waals surface area contributed by atoms with E-state index in [1.807, 2.05) is 72.8 Å². The van der Waals surface area contributed by atoms with Gasteiger partial charge in [0.2, 0.25) is 0 Å². The fourth-order valence-corrected chi connectivity index (χ4v) is 5.97. The van der Waals surface area contributed by atoms with E-state index < -0.39 is 16.0 Å². The van der Waals surface area contributed by atoms with Gasteiger partial charge < -0.3 is 19.9 Å². The van der Waals surface area contributed by atoms with Gasteiger partial charge in [-0.3, -0.25) is 4.79 Å². The number of hydrogen-bond acceptors (Lipinski definition) is 7. The summed E-state index contributed by atoms with van der Waals surface area (Å²) in [5.74, 6) is 0.0388. The van der Waals surface area contributed by atoms with Gasteiger partial charge in [0, 0.05) is 36.2 Å². The Hall–Kier alpha value is -2.69. The van der Waals surface area contributed by atoms with Crippen molar-refractivity contribution in [2.24, 2.45) is 5.92 Å². The van der Waals surface area contributed by atoms with Gasteiger partial charge in [-0.05, 0) is 39.9 Å². The number of aliphatic hydroxyl groups is 1. The van der Waals surface area contributed by atoms with Gasteiger partial charge in [0.15, 0.2) is 11.4 Å². The summed E-state index contributed by atoms with van der Waals surface area (Å²) in [7, 11) is 0. The van der Waals surface area contributed by atoms with E-state index in [-0.39, 0.29) is 31.3 Å². The Morgan fingerprint density at radius 3 is 2.28 bits per heavy atom. The van der Waals surface area contributed by atoms with E-state index in [4.69, 9.17) is 44.3 Å². The van der Waals surface area contributed by atoms with Crippen LogP contribution in [0.2, 0.25) is 0 Å². The van der Waals surface area contributed by atoms with Crippen LogP contribution in [-0.2, 0) is 27.4 Å². The van der Waals surface area contributed by atoms with Crippen LogP contribution in [0.15, 0.2) is 96.4 Å². The predicted molar refractivity (Wildman–Crippen MR) is 170 cm³/mol. The number of halogens is 3. The molecule has 4 unspecified atom stereocenters. The number of nitrogens with one attached hydrogen (secondary N) is 1. The first kappa shape index (κ1) is 31.7. The van der Waals surface area contributed by atoms with Crippen LogP contribution in [0.1, 0.15) is 41.6 Å². The Labute approximate surface area is 269 Å². The number of carbonyl (C=O) groups is 1. The minimum absolute atomic E-state index is 0.0116. The molecule has 0 saturated carbocycles. The van der Waals surface area contributed by atoms with Gasteiger partial charge in [0.1, 0.15) is 0 Å². The quantitative estimate of drug-likeness (QED) is 0.112. The monoisotopic (exact) mass is 657 g/mol. The first-order chi connectivity index (χ1) is 20.7. The van der Waals surface area contributed by atoms with Crippen molar-refractivity contribution in [1.82, 2.24) is 15.3 Å². The van der Waals surface area contributed by atoms with Crippen LogP contribution in [0.5, 0.6) is 0 Å². The van der Waals surface area contributed by atoms with Crippen LogP contribution in [0.3, 0.4) is 0 Å². The normalized spacial score (nSPS) is 20.5.